The average Bonchev–Trinajstić information content (AvgIpc) is 3.63. The maximum atomic E-state index is 2.63. The van der Waals surface area contributed by atoms with Gasteiger partial charge in [-0.1, -0.05) is 71.0 Å². The molecule has 0 bridgehead atoms. The first-order valence-corrected chi connectivity index (χ1v) is 19.1. The lowest BCUT2D eigenvalue weighted by atomic mass is 9.77. The van der Waals surface area contributed by atoms with Gasteiger partial charge in [-0.2, -0.15) is 9.13 Å². The largest absolute Gasteiger partial charge is 0.308 e. The van der Waals surface area contributed by atoms with Gasteiger partial charge in [0.15, 0.2) is 25.0 Å². The van der Waals surface area contributed by atoms with E-state index in [1.54, 1.807) is 0 Å². The molecule has 0 aliphatic carbocycles. The van der Waals surface area contributed by atoms with E-state index in [-0.39, 0.29) is 5.41 Å². The second-order valence-electron chi connectivity index (χ2n) is 16.8. The van der Waals surface area contributed by atoms with Gasteiger partial charge in [0.1, 0.15) is 0 Å². The number of para-hydroxylation sites is 1. The number of hydrogen-bond acceptors (Lipinski definition) is 0. The molecule has 51 heavy (non-hydrogen) atoms. The monoisotopic (exact) mass is 665 g/mol. The van der Waals surface area contributed by atoms with Gasteiger partial charge in [0.25, 0.3) is 0 Å². The summed E-state index contributed by atoms with van der Waals surface area (Å²) in [6.45, 7) is 14.9. The van der Waals surface area contributed by atoms with Crippen LogP contribution in [0.4, 0.5) is 0 Å². The van der Waals surface area contributed by atoms with Crippen molar-refractivity contribution in [1.29, 1.82) is 0 Å². The van der Waals surface area contributed by atoms with Crippen LogP contribution in [0.25, 0.3) is 60.6 Å². The Kier molecular flexibility index (Phi) is 6.63. The number of benzene rings is 4. The molecule has 4 aromatic carbocycles. The molecule has 0 N–H and O–H groups in total. The fourth-order valence-corrected chi connectivity index (χ4v) is 9.65. The summed E-state index contributed by atoms with van der Waals surface area (Å²) < 4.78 is 7.81. The van der Waals surface area contributed by atoms with E-state index in [1.807, 2.05) is 0 Å². The Labute approximate surface area is 301 Å². The van der Waals surface area contributed by atoms with Gasteiger partial charge >= 0.3 is 0 Å². The van der Waals surface area contributed by atoms with Crippen LogP contribution in [0.2, 0.25) is 0 Å². The third kappa shape index (κ3) is 4.56. The lowest BCUT2D eigenvalue weighted by Crippen LogP contribution is -2.50. The Morgan fingerprint density at radius 2 is 1.47 bits per heavy atom. The molecule has 3 nitrogen and oxygen atoms in total. The van der Waals surface area contributed by atoms with Crippen molar-refractivity contribution in [1.82, 2.24) is 4.40 Å². The van der Waals surface area contributed by atoms with Crippen LogP contribution in [0.1, 0.15) is 93.2 Å². The summed E-state index contributed by atoms with van der Waals surface area (Å²) >= 11 is 0. The second kappa shape index (κ2) is 11.0. The molecule has 252 valence electrons. The molecule has 0 saturated heterocycles. The molecule has 6 heterocycles. The molecular formula is C48H47N3+2. The Hall–Kier alpha value is -5.02. The molecular weight excluding hydrogens is 619 g/mol. The van der Waals surface area contributed by atoms with Gasteiger partial charge in [0.2, 0.25) is 11.4 Å². The van der Waals surface area contributed by atoms with Gasteiger partial charge in [-0.25, -0.2) is 0 Å². The fraction of sp³-hybridized carbons (Fsp3) is 0.292. The molecule has 2 aliphatic heterocycles. The molecule has 0 saturated carbocycles. The van der Waals surface area contributed by atoms with E-state index >= 15 is 0 Å². The normalized spacial score (nSPS) is 17.5. The van der Waals surface area contributed by atoms with E-state index in [0.717, 1.165) is 25.8 Å². The van der Waals surface area contributed by atoms with Gasteiger partial charge in [-0.15, -0.1) is 0 Å². The van der Waals surface area contributed by atoms with Crippen molar-refractivity contribution in [2.75, 3.05) is 0 Å². The van der Waals surface area contributed by atoms with Crippen LogP contribution in [0.5, 0.6) is 0 Å². The maximum absolute atomic E-state index is 2.63. The Bertz CT molecular complexity index is 2680. The highest BCUT2D eigenvalue weighted by Crippen LogP contribution is 2.46. The predicted molar refractivity (Wildman–Crippen MR) is 211 cm³/mol. The molecule has 3 heteroatoms. The molecule has 2 atom stereocenters. The summed E-state index contributed by atoms with van der Waals surface area (Å²) in [7, 11) is 0. The van der Waals surface area contributed by atoms with Gasteiger partial charge in [0, 0.05) is 56.3 Å². The van der Waals surface area contributed by atoms with Crippen LogP contribution in [0.3, 0.4) is 0 Å². The zero-order valence-electron chi connectivity index (χ0n) is 30.8. The van der Waals surface area contributed by atoms with Crippen LogP contribution in [0, 0.1) is 6.92 Å². The van der Waals surface area contributed by atoms with Crippen molar-refractivity contribution < 1.29 is 9.13 Å². The van der Waals surface area contributed by atoms with Gasteiger partial charge in [-0.3, -0.25) is 0 Å². The van der Waals surface area contributed by atoms with Crippen LogP contribution in [0.15, 0.2) is 109 Å². The molecule has 8 aromatic rings. The van der Waals surface area contributed by atoms with Crippen LogP contribution < -0.4 is 9.13 Å². The van der Waals surface area contributed by atoms with E-state index in [2.05, 4.69) is 165 Å². The van der Waals surface area contributed by atoms with Gasteiger partial charge < -0.3 is 4.40 Å². The minimum atomic E-state index is 0.0497. The van der Waals surface area contributed by atoms with Crippen LogP contribution in [-0.2, 0) is 18.4 Å². The molecule has 0 fully saturated rings. The lowest BCUT2D eigenvalue weighted by Gasteiger charge is -2.31. The second-order valence-corrected chi connectivity index (χ2v) is 16.8. The van der Waals surface area contributed by atoms with Crippen molar-refractivity contribution in [3.63, 3.8) is 0 Å². The van der Waals surface area contributed by atoms with Crippen molar-refractivity contribution in [2.24, 2.45) is 0 Å². The Morgan fingerprint density at radius 1 is 0.706 bits per heavy atom. The molecule has 0 spiro atoms. The molecule has 0 radical (unpaired) electrons. The number of hydrogen-bond donors (Lipinski definition) is 0. The van der Waals surface area contributed by atoms with Gasteiger partial charge in [0.05, 0.1) is 28.5 Å². The number of aryl methyl sites for hydroxylation is 3. The first kappa shape index (κ1) is 30.8. The first-order chi connectivity index (χ1) is 24.7. The summed E-state index contributed by atoms with van der Waals surface area (Å²) in [4.78, 5) is 0. The molecule has 10 rings (SSSR count). The summed E-state index contributed by atoms with van der Waals surface area (Å²) in [5, 5.41) is 5.45. The summed E-state index contributed by atoms with van der Waals surface area (Å²) in [5.41, 5.74) is 16.6. The van der Waals surface area contributed by atoms with E-state index < -0.39 is 0 Å². The zero-order chi connectivity index (χ0) is 34.8. The fourth-order valence-electron chi connectivity index (χ4n) is 9.65. The van der Waals surface area contributed by atoms with Crippen molar-refractivity contribution in [3.8, 4) is 22.5 Å². The topological polar surface area (TPSA) is 12.2 Å². The van der Waals surface area contributed by atoms with Crippen molar-refractivity contribution in [2.45, 2.75) is 90.6 Å². The van der Waals surface area contributed by atoms with E-state index in [4.69, 9.17) is 0 Å². The standard InChI is InChI=1S/C48H47N3/c1-29(2)32-17-20-42-38-26-39-41-25-33(48(4,5)6)24-40-36-13-9-10-14-45(36)51(47(40)41)46(39)23-31(38)16-18-37-34-11-7-8-12-35(34)43-19-15-30(3)27-50(43)44(37)21-22-49(42)28-32/h7-15,17,19-20,23-29,37,44H,16,18,21-22H2,1-6H3/q+2. The quantitative estimate of drug-likeness (QED) is 0.155. The highest BCUT2D eigenvalue weighted by atomic mass is 15.0. The average molecular weight is 666 g/mol. The predicted octanol–water partition coefficient (Wildman–Crippen LogP) is 11.1. The first-order valence-electron chi connectivity index (χ1n) is 19.1. The lowest BCUT2D eigenvalue weighted by molar-refractivity contribution is -0.738. The third-order valence-corrected chi connectivity index (χ3v) is 12.4. The number of pyridine rings is 2. The highest BCUT2D eigenvalue weighted by Gasteiger charge is 2.41. The van der Waals surface area contributed by atoms with Crippen molar-refractivity contribution >= 4 is 38.1 Å². The van der Waals surface area contributed by atoms with Crippen LogP contribution in [-0.4, -0.2) is 4.40 Å². The van der Waals surface area contributed by atoms with E-state index in [1.165, 1.54) is 88.4 Å². The Morgan fingerprint density at radius 3 is 2.29 bits per heavy atom. The SMILES string of the molecule is Cc1ccc2[n+](c1)C1CC[n+]3cc(C(C)C)ccc3-c3cc4c5cc(C(C)(C)C)cc6c7ccccc7n(c4cc3CCC1c1ccccc1-2)c65. The van der Waals surface area contributed by atoms with Gasteiger partial charge in [-0.05, 0) is 96.3 Å². The van der Waals surface area contributed by atoms with Crippen LogP contribution >= 0.6 is 0 Å². The number of rotatable bonds is 1. The maximum Gasteiger partial charge on any atom is 0.213 e. The smallest absolute Gasteiger partial charge is 0.213 e. The summed E-state index contributed by atoms with van der Waals surface area (Å²) in [5.74, 6) is 0.903. The van der Waals surface area contributed by atoms with Crippen molar-refractivity contribution in [3.05, 3.63) is 137 Å². The molecule has 2 unspecified atom stereocenters. The van der Waals surface area contributed by atoms with E-state index in [9.17, 15) is 0 Å². The zero-order valence-corrected chi connectivity index (χ0v) is 30.8. The number of fused-ring (bicyclic) bond motifs is 15. The van der Waals surface area contributed by atoms with E-state index in [0.29, 0.717) is 17.9 Å². The minimum absolute atomic E-state index is 0.0497. The molecule has 2 aliphatic rings. The minimum Gasteiger partial charge on any atom is -0.308 e. The number of nitrogens with zero attached hydrogens (tertiary/aromatic N) is 3. The third-order valence-electron chi connectivity index (χ3n) is 12.4. The Balaban J connectivity index is 1.26. The molecule has 0 amide bonds. The summed E-state index contributed by atoms with van der Waals surface area (Å²) in [6, 6.07) is 38.2. The molecule has 4 aromatic heterocycles. The summed E-state index contributed by atoms with van der Waals surface area (Å²) in [6.07, 6.45) is 8.10. The number of aromatic nitrogens is 3. The highest BCUT2D eigenvalue weighted by molar-refractivity contribution is 6.24.